The van der Waals surface area contributed by atoms with Gasteiger partial charge in [-0.05, 0) is 35.7 Å². The van der Waals surface area contributed by atoms with Crippen LogP contribution in [0.2, 0.25) is 0 Å². The molecule has 1 aliphatic rings. The Morgan fingerprint density at radius 1 is 1.17 bits per heavy atom. The molecule has 1 aliphatic heterocycles. The largest absolute Gasteiger partial charge is 0.399 e. The Labute approximate surface area is 205 Å². The van der Waals surface area contributed by atoms with Gasteiger partial charge in [-0.1, -0.05) is 34.6 Å². The summed E-state index contributed by atoms with van der Waals surface area (Å²) in [7, 11) is 3.29. The van der Waals surface area contributed by atoms with Crippen molar-refractivity contribution >= 4 is 11.6 Å². The summed E-state index contributed by atoms with van der Waals surface area (Å²) >= 11 is 0. The van der Waals surface area contributed by atoms with Crippen molar-refractivity contribution < 1.29 is 22.9 Å². The van der Waals surface area contributed by atoms with E-state index in [1.165, 1.54) is 19.2 Å². The number of oxime groups is 1. The lowest BCUT2D eigenvalue weighted by atomic mass is 9.81. The van der Waals surface area contributed by atoms with Crippen LogP contribution in [0.15, 0.2) is 70.6 Å². The molecular weight excluding hydrogens is 468 g/mol. The molecule has 36 heavy (non-hydrogen) atoms. The predicted octanol–water partition coefficient (Wildman–Crippen LogP) is 4.70. The molecule has 8 nitrogen and oxygen atoms in total. The fraction of sp³-hybridized carbons (Fsp3) is 0.231. The van der Waals surface area contributed by atoms with Crippen LogP contribution in [0.3, 0.4) is 0 Å². The van der Waals surface area contributed by atoms with Crippen molar-refractivity contribution in [2.75, 3.05) is 13.7 Å². The number of hydrogen-bond acceptors (Lipinski definition) is 6. The molecule has 0 radical (unpaired) electrons. The molecule has 184 valence electrons. The molecule has 3 heterocycles. The van der Waals surface area contributed by atoms with Gasteiger partial charge in [0.1, 0.15) is 18.7 Å². The molecule has 0 saturated heterocycles. The molecule has 10 heteroatoms. The van der Waals surface area contributed by atoms with E-state index in [1.54, 1.807) is 22.7 Å². The lowest BCUT2D eigenvalue weighted by Gasteiger charge is -2.40. The van der Waals surface area contributed by atoms with Gasteiger partial charge in [0.2, 0.25) is 0 Å². The van der Waals surface area contributed by atoms with Crippen molar-refractivity contribution in [2.24, 2.45) is 12.2 Å². The lowest BCUT2D eigenvalue weighted by Crippen LogP contribution is -2.45. The molecule has 0 bridgehead atoms. The van der Waals surface area contributed by atoms with Crippen molar-refractivity contribution in [2.45, 2.75) is 18.9 Å². The van der Waals surface area contributed by atoms with Crippen LogP contribution in [0.1, 0.15) is 46.1 Å². The van der Waals surface area contributed by atoms with Crippen molar-refractivity contribution in [1.29, 1.82) is 0 Å². The molecule has 0 fully saturated rings. The molecule has 4 aromatic rings. The maximum Gasteiger partial charge on any atom is 0.276 e. The molecule has 0 N–H and O–H groups in total. The van der Waals surface area contributed by atoms with Crippen molar-refractivity contribution in [3.8, 4) is 11.3 Å². The minimum atomic E-state index is -0.811. The van der Waals surface area contributed by atoms with E-state index in [4.69, 9.17) is 9.36 Å². The number of carbonyl (C=O) groups excluding carboxylic acids is 1. The summed E-state index contributed by atoms with van der Waals surface area (Å²) in [4.78, 5) is 20.5. The number of amides is 1. The maximum absolute atomic E-state index is 14.3. The first kappa shape index (κ1) is 23.4. The van der Waals surface area contributed by atoms with Gasteiger partial charge >= 0.3 is 0 Å². The van der Waals surface area contributed by atoms with Gasteiger partial charge in [0.15, 0.2) is 11.5 Å². The van der Waals surface area contributed by atoms with Crippen LogP contribution < -0.4 is 0 Å². The number of halogens is 2. The number of rotatable bonds is 5. The molecule has 2 atom stereocenters. The topological polar surface area (TPSA) is 85.8 Å². The molecule has 0 spiro atoms. The summed E-state index contributed by atoms with van der Waals surface area (Å²) in [5, 5.41) is 12.3. The van der Waals surface area contributed by atoms with Gasteiger partial charge < -0.3 is 14.3 Å². The second-order valence-electron chi connectivity index (χ2n) is 8.60. The fourth-order valence-corrected chi connectivity index (χ4v) is 4.73. The first-order valence-electron chi connectivity index (χ1n) is 11.3. The summed E-state index contributed by atoms with van der Waals surface area (Å²) in [6, 6.07) is 11.8. The highest BCUT2D eigenvalue weighted by Gasteiger charge is 2.39. The van der Waals surface area contributed by atoms with Gasteiger partial charge in [0, 0.05) is 37.8 Å². The zero-order chi connectivity index (χ0) is 25.4. The normalized spacial score (nSPS) is 17.7. The molecule has 2 aromatic carbocycles. The van der Waals surface area contributed by atoms with Crippen LogP contribution in [0.4, 0.5) is 8.78 Å². The van der Waals surface area contributed by atoms with E-state index in [9.17, 15) is 13.6 Å². The summed E-state index contributed by atoms with van der Waals surface area (Å²) in [6.45, 7) is 2.10. The second kappa shape index (κ2) is 9.37. The average molecular weight is 491 g/mol. The van der Waals surface area contributed by atoms with E-state index in [2.05, 4.69) is 15.4 Å². The van der Waals surface area contributed by atoms with Gasteiger partial charge in [-0.25, -0.2) is 8.78 Å². The van der Waals surface area contributed by atoms with Crippen LogP contribution in [-0.4, -0.2) is 45.1 Å². The maximum atomic E-state index is 14.3. The quantitative estimate of drug-likeness (QED) is 0.298. The SMILES string of the molecule is CON=C(C)C1c2ccccc2C(c2cnn(C)c2)CN1C(=O)c1cc(-c2ccc(F)cc2F)on1. The minimum absolute atomic E-state index is 0.00624. The zero-order valence-corrected chi connectivity index (χ0v) is 19.9. The molecule has 0 saturated carbocycles. The first-order chi connectivity index (χ1) is 17.4. The van der Waals surface area contributed by atoms with E-state index >= 15 is 0 Å². The zero-order valence-electron chi connectivity index (χ0n) is 19.9. The highest BCUT2D eigenvalue weighted by molar-refractivity contribution is 5.99. The van der Waals surface area contributed by atoms with Gasteiger partial charge in [0.05, 0.1) is 23.5 Å². The standard InChI is InChI=1S/C26H23F2N5O3/c1-15(30-35-3)25-19-7-5-4-6-18(19)21(16-12-29-32(2)13-16)14-33(25)26(34)23-11-24(36-31-23)20-9-8-17(27)10-22(20)28/h4-13,21,25H,14H2,1-3H3. The monoisotopic (exact) mass is 491 g/mol. The Balaban J connectivity index is 1.58. The number of fused-ring (bicyclic) bond motifs is 1. The van der Waals surface area contributed by atoms with Crippen LogP contribution >= 0.6 is 0 Å². The van der Waals surface area contributed by atoms with E-state index in [0.29, 0.717) is 12.3 Å². The Morgan fingerprint density at radius 2 is 1.94 bits per heavy atom. The van der Waals surface area contributed by atoms with Crippen LogP contribution in [0, 0.1) is 11.6 Å². The van der Waals surface area contributed by atoms with E-state index in [1.807, 2.05) is 37.5 Å². The summed E-state index contributed by atoms with van der Waals surface area (Å²) in [6.07, 6.45) is 3.71. The molecule has 2 unspecified atom stereocenters. The number of aryl methyl sites for hydroxylation is 1. The lowest BCUT2D eigenvalue weighted by molar-refractivity contribution is 0.0688. The number of nitrogens with zero attached hydrogens (tertiary/aromatic N) is 5. The average Bonchev–Trinajstić information content (AvgIpc) is 3.52. The molecule has 0 aliphatic carbocycles. The van der Waals surface area contributed by atoms with Gasteiger partial charge in [-0.3, -0.25) is 9.48 Å². The molecular formula is C26H23F2N5O3. The minimum Gasteiger partial charge on any atom is -0.399 e. The fourth-order valence-electron chi connectivity index (χ4n) is 4.73. The van der Waals surface area contributed by atoms with Gasteiger partial charge in [-0.2, -0.15) is 5.10 Å². The third-order valence-electron chi connectivity index (χ3n) is 6.30. The third-order valence-corrected chi connectivity index (χ3v) is 6.30. The van der Waals surface area contributed by atoms with E-state index in [0.717, 1.165) is 28.8 Å². The Hall–Kier alpha value is -4.34. The predicted molar refractivity (Wildman–Crippen MR) is 127 cm³/mol. The summed E-state index contributed by atoms with van der Waals surface area (Å²) in [5.41, 5.74) is 3.49. The van der Waals surface area contributed by atoms with E-state index in [-0.39, 0.29) is 22.9 Å². The summed E-state index contributed by atoms with van der Waals surface area (Å²) < 4.78 is 34.6. The number of benzene rings is 2. The van der Waals surface area contributed by atoms with Crippen molar-refractivity contribution in [1.82, 2.24) is 19.8 Å². The second-order valence-corrected chi connectivity index (χ2v) is 8.60. The third kappa shape index (κ3) is 4.15. The van der Waals surface area contributed by atoms with Crippen molar-refractivity contribution in [3.05, 3.63) is 94.9 Å². The van der Waals surface area contributed by atoms with E-state index < -0.39 is 23.6 Å². The Kier molecular flexibility index (Phi) is 6.09. The summed E-state index contributed by atoms with van der Waals surface area (Å²) in [5.74, 6) is -2.07. The Bertz CT molecular complexity index is 1460. The highest BCUT2D eigenvalue weighted by atomic mass is 19.1. The van der Waals surface area contributed by atoms with Crippen LogP contribution in [0.5, 0.6) is 0 Å². The Morgan fingerprint density at radius 3 is 2.64 bits per heavy atom. The number of hydrogen-bond donors (Lipinski definition) is 0. The molecule has 1 amide bonds. The van der Waals surface area contributed by atoms with Gasteiger partial charge in [-0.15, -0.1) is 0 Å². The highest BCUT2D eigenvalue weighted by Crippen LogP contribution is 2.41. The number of carbonyl (C=O) groups is 1. The number of aromatic nitrogens is 3. The smallest absolute Gasteiger partial charge is 0.276 e. The molecule has 2 aromatic heterocycles. The first-order valence-corrected chi connectivity index (χ1v) is 11.3. The van der Waals surface area contributed by atoms with Crippen LogP contribution in [0.25, 0.3) is 11.3 Å². The van der Waals surface area contributed by atoms with Gasteiger partial charge in [0.25, 0.3) is 5.91 Å². The van der Waals surface area contributed by atoms with Crippen molar-refractivity contribution in [3.63, 3.8) is 0 Å². The van der Waals surface area contributed by atoms with Crippen LogP contribution in [-0.2, 0) is 11.9 Å². The molecule has 5 rings (SSSR count).